The molecular formula is C15H25ClN2O. The Hall–Kier alpha value is -0.800. The first-order valence-corrected chi connectivity index (χ1v) is 7.37. The highest BCUT2D eigenvalue weighted by Crippen LogP contribution is 2.19. The normalized spacial score (nSPS) is 11.3. The van der Waals surface area contributed by atoms with Crippen LogP contribution in [0.3, 0.4) is 0 Å². The first kappa shape index (κ1) is 16.3. The molecule has 19 heavy (non-hydrogen) atoms. The van der Waals surface area contributed by atoms with E-state index in [0.717, 1.165) is 18.5 Å². The molecule has 0 fully saturated rings. The summed E-state index contributed by atoms with van der Waals surface area (Å²) in [5.41, 5.74) is 1.03. The SMILES string of the molecule is CC(C)CCCOc1cc(CNC(C)C)c(Cl)cn1. The molecule has 0 aliphatic rings. The van der Waals surface area contributed by atoms with Crippen LogP contribution in [0.25, 0.3) is 0 Å². The first-order valence-electron chi connectivity index (χ1n) is 6.99. The Morgan fingerprint density at radius 3 is 2.68 bits per heavy atom. The van der Waals surface area contributed by atoms with Crippen molar-refractivity contribution in [3.05, 3.63) is 22.8 Å². The van der Waals surface area contributed by atoms with E-state index < -0.39 is 0 Å². The van der Waals surface area contributed by atoms with E-state index in [1.165, 1.54) is 6.42 Å². The van der Waals surface area contributed by atoms with Crippen LogP contribution in [-0.2, 0) is 6.54 Å². The van der Waals surface area contributed by atoms with Crippen molar-refractivity contribution in [3.8, 4) is 5.88 Å². The maximum absolute atomic E-state index is 6.12. The Labute approximate surface area is 121 Å². The molecule has 0 unspecified atom stereocenters. The molecule has 1 N–H and O–H groups in total. The minimum atomic E-state index is 0.430. The average molecular weight is 285 g/mol. The van der Waals surface area contributed by atoms with Gasteiger partial charge < -0.3 is 10.1 Å². The third-order valence-electron chi connectivity index (χ3n) is 2.79. The lowest BCUT2D eigenvalue weighted by molar-refractivity contribution is 0.287. The number of ether oxygens (including phenoxy) is 1. The lowest BCUT2D eigenvalue weighted by Gasteiger charge is -2.11. The molecule has 0 aliphatic heterocycles. The second kappa shape index (κ2) is 8.39. The summed E-state index contributed by atoms with van der Waals surface area (Å²) in [6.45, 7) is 10.1. The van der Waals surface area contributed by atoms with Gasteiger partial charge in [-0.05, 0) is 24.3 Å². The predicted molar refractivity (Wildman–Crippen MR) is 80.8 cm³/mol. The Kier molecular flexibility index (Phi) is 7.17. The van der Waals surface area contributed by atoms with Gasteiger partial charge >= 0.3 is 0 Å². The van der Waals surface area contributed by atoms with Crippen LogP contribution in [0.2, 0.25) is 5.02 Å². The number of nitrogens with zero attached hydrogens (tertiary/aromatic N) is 1. The van der Waals surface area contributed by atoms with Crippen molar-refractivity contribution >= 4 is 11.6 Å². The number of rotatable bonds is 8. The summed E-state index contributed by atoms with van der Waals surface area (Å²) in [6, 6.07) is 2.35. The molecule has 0 bridgehead atoms. The second-order valence-corrected chi connectivity index (χ2v) is 5.94. The van der Waals surface area contributed by atoms with Gasteiger partial charge in [0.1, 0.15) is 0 Å². The molecule has 0 aliphatic carbocycles. The van der Waals surface area contributed by atoms with Crippen molar-refractivity contribution in [2.45, 2.75) is 53.1 Å². The summed E-state index contributed by atoms with van der Waals surface area (Å²) in [7, 11) is 0. The number of pyridine rings is 1. The molecule has 108 valence electrons. The lowest BCUT2D eigenvalue weighted by atomic mass is 10.1. The molecule has 3 nitrogen and oxygen atoms in total. The van der Waals surface area contributed by atoms with Gasteiger partial charge in [0, 0.05) is 24.8 Å². The Morgan fingerprint density at radius 1 is 1.32 bits per heavy atom. The van der Waals surface area contributed by atoms with E-state index in [9.17, 15) is 0 Å². The summed E-state index contributed by atoms with van der Waals surface area (Å²) >= 11 is 6.12. The zero-order valence-corrected chi connectivity index (χ0v) is 13.1. The maximum atomic E-state index is 6.12. The largest absolute Gasteiger partial charge is 0.478 e. The van der Waals surface area contributed by atoms with E-state index in [4.69, 9.17) is 16.3 Å². The molecule has 0 saturated heterocycles. The highest BCUT2D eigenvalue weighted by molar-refractivity contribution is 6.31. The molecule has 0 amide bonds. The van der Waals surface area contributed by atoms with Gasteiger partial charge in [0.25, 0.3) is 0 Å². The van der Waals surface area contributed by atoms with Crippen LogP contribution in [-0.4, -0.2) is 17.6 Å². The van der Waals surface area contributed by atoms with Gasteiger partial charge in [-0.15, -0.1) is 0 Å². The van der Waals surface area contributed by atoms with Crippen molar-refractivity contribution in [1.29, 1.82) is 0 Å². The fourth-order valence-electron chi connectivity index (χ4n) is 1.66. The van der Waals surface area contributed by atoms with E-state index in [-0.39, 0.29) is 0 Å². The minimum Gasteiger partial charge on any atom is -0.478 e. The predicted octanol–water partition coefficient (Wildman–Crippen LogP) is 4.05. The molecule has 4 heteroatoms. The Balaban J connectivity index is 2.48. The summed E-state index contributed by atoms with van der Waals surface area (Å²) in [5, 5.41) is 4.03. The number of nitrogens with one attached hydrogen (secondary N) is 1. The lowest BCUT2D eigenvalue weighted by Crippen LogP contribution is -2.22. The monoisotopic (exact) mass is 284 g/mol. The van der Waals surface area contributed by atoms with Gasteiger partial charge in [-0.2, -0.15) is 0 Å². The van der Waals surface area contributed by atoms with Crippen LogP contribution in [0.15, 0.2) is 12.3 Å². The molecule has 1 rings (SSSR count). The van der Waals surface area contributed by atoms with Crippen molar-refractivity contribution < 1.29 is 4.74 Å². The fraction of sp³-hybridized carbons (Fsp3) is 0.667. The average Bonchev–Trinajstić information content (AvgIpc) is 2.34. The summed E-state index contributed by atoms with van der Waals surface area (Å²) in [6.07, 6.45) is 3.90. The van der Waals surface area contributed by atoms with Crippen LogP contribution < -0.4 is 10.1 Å². The van der Waals surface area contributed by atoms with Crippen molar-refractivity contribution in [1.82, 2.24) is 10.3 Å². The van der Waals surface area contributed by atoms with E-state index in [2.05, 4.69) is 38.0 Å². The summed E-state index contributed by atoms with van der Waals surface area (Å²) in [5.74, 6) is 1.38. The topological polar surface area (TPSA) is 34.1 Å². The zero-order chi connectivity index (χ0) is 14.3. The van der Waals surface area contributed by atoms with Gasteiger partial charge in [0.05, 0.1) is 11.6 Å². The Bertz CT molecular complexity index is 380. The van der Waals surface area contributed by atoms with Crippen LogP contribution in [0, 0.1) is 5.92 Å². The zero-order valence-electron chi connectivity index (χ0n) is 12.4. The minimum absolute atomic E-state index is 0.430. The summed E-state index contributed by atoms with van der Waals surface area (Å²) < 4.78 is 5.66. The van der Waals surface area contributed by atoms with Gasteiger partial charge in [0.2, 0.25) is 5.88 Å². The molecule has 1 aromatic rings. The van der Waals surface area contributed by atoms with E-state index in [0.29, 0.717) is 29.5 Å². The molecular weight excluding hydrogens is 260 g/mol. The van der Waals surface area contributed by atoms with Crippen molar-refractivity contribution in [3.63, 3.8) is 0 Å². The molecule has 0 atom stereocenters. The van der Waals surface area contributed by atoms with Crippen LogP contribution >= 0.6 is 11.6 Å². The first-order chi connectivity index (χ1) is 8.99. The number of hydrogen-bond donors (Lipinski definition) is 1. The molecule has 0 radical (unpaired) electrons. The number of hydrogen-bond acceptors (Lipinski definition) is 3. The van der Waals surface area contributed by atoms with Crippen molar-refractivity contribution in [2.75, 3.05) is 6.61 Å². The van der Waals surface area contributed by atoms with Gasteiger partial charge in [-0.25, -0.2) is 4.98 Å². The van der Waals surface area contributed by atoms with Gasteiger partial charge in [-0.1, -0.05) is 39.3 Å². The third kappa shape index (κ3) is 6.79. The number of aromatic nitrogens is 1. The van der Waals surface area contributed by atoms with E-state index in [1.807, 2.05) is 6.07 Å². The van der Waals surface area contributed by atoms with Crippen LogP contribution in [0.5, 0.6) is 5.88 Å². The summed E-state index contributed by atoms with van der Waals surface area (Å²) in [4.78, 5) is 4.20. The standard InChI is InChI=1S/C15H25ClN2O/c1-11(2)6-5-7-19-15-8-13(9-17-12(3)4)14(16)10-18-15/h8,10-12,17H,5-7,9H2,1-4H3. The van der Waals surface area contributed by atoms with E-state index in [1.54, 1.807) is 6.20 Å². The molecule has 0 saturated carbocycles. The second-order valence-electron chi connectivity index (χ2n) is 5.53. The smallest absolute Gasteiger partial charge is 0.213 e. The van der Waals surface area contributed by atoms with Gasteiger partial charge in [0.15, 0.2) is 0 Å². The van der Waals surface area contributed by atoms with Gasteiger partial charge in [-0.3, -0.25) is 0 Å². The molecule has 1 aromatic heterocycles. The molecule has 0 spiro atoms. The fourth-order valence-corrected chi connectivity index (χ4v) is 1.83. The van der Waals surface area contributed by atoms with E-state index >= 15 is 0 Å². The molecule has 1 heterocycles. The third-order valence-corrected chi connectivity index (χ3v) is 3.13. The Morgan fingerprint density at radius 2 is 2.05 bits per heavy atom. The highest BCUT2D eigenvalue weighted by atomic mass is 35.5. The number of halogens is 1. The van der Waals surface area contributed by atoms with Crippen LogP contribution in [0.1, 0.15) is 46.1 Å². The van der Waals surface area contributed by atoms with Crippen LogP contribution in [0.4, 0.5) is 0 Å². The maximum Gasteiger partial charge on any atom is 0.213 e. The molecule has 0 aromatic carbocycles. The quantitative estimate of drug-likeness (QED) is 0.731. The highest BCUT2D eigenvalue weighted by Gasteiger charge is 2.05. The van der Waals surface area contributed by atoms with Crippen molar-refractivity contribution in [2.24, 2.45) is 5.92 Å².